The Kier molecular flexibility index (Phi) is 17.7. The molecule has 8 atom stereocenters. The van der Waals surface area contributed by atoms with Crippen molar-refractivity contribution in [1.82, 2.24) is 31.1 Å². The summed E-state index contributed by atoms with van der Waals surface area (Å²) >= 11 is 0. The van der Waals surface area contributed by atoms with E-state index in [4.69, 9.17) is 9.47 Å². The van der Waals surface area contributed by atoms with Gasteiger partial charge in [0.1, 0.15) is 12.1 Å². The van der Waals surface area contributed by atoms with Crippen molar-refractivity contribution in [2.24, 2.45) is 17.8 Å². The zero-order chi connectivity index (χ0) is 39.3. The molecule has 0 aromatic heterocycles. The number of carbonyl (C=O) groups excluding carboxylic acids is 5. The van der Waals surface area contributed by atoms with Crippen LogP contribution in [0.5, 0.6) is 0 Å². The van der Waals surface area contributed by atoms with Crippen molar-refractivity contribution >= 4 is 29.5 Å². The maximum Gasteiger partial charge on any atom is 0.245 e. The van der Waals surface area contributed by atoms with Crippen LogP contribution in [0.4, 0.5) is 0 Å². The fourth-order valence-electron chi connectivity index (χ4n) is 7.01. The van der Waals surface area contributed by atoms with Crippen LogP contribution >= 0.6 is 0 Å². The van der Waals surface area contributed by atoms with Crippen LogP contribution in [-0.2, 0) is 39.9 Å². The Labute approximate surface area is 311 Å². The minimum Gasteiger partial charge on any atom is -0.379 e. The standard InChI is InChI=1S/C39H66N6O7/c1-13-25(4)33(44(10)37(49)32(24(2)3)43-38(50)39(6,7)41-9)30(51-11)23-31(46)45-21-17-20-29(45)34(52-12)26(5)35(47)42-28(36(48)40-8)22-27-18-15-14-16-19-27/h14-16,18-19,24-26,28-30,32-34,41H,13,17,20-23H2,1-12H3,(H,40,48)(H,42,47)(H,43,50)/t25-,26+,28-,29?,30+,32-,33-,34?/m0/s1. The number of likely N-dealkylation sites (tertiary alicyclic amines) is 1. The molecular formula is C39H66N6O7. The van der Waals surface area contributed by atoms with Crippen LogP contribution in [0.2, 0.25) is 0 Å². The predicted octanol–water partition coefficient (Wildman–Crippen LogP) is 2.52. The fraction of sp³-hybridized carbons (Fsp3) is 0.718. The van der Waals surface area contributed by atoms with Crippen molar-refractivity contribution in [3.05, 3.63) is 35.9 Å². The monoisotopic (exact) mass is 730 g/mol. The molecule has 0 aliphatic carbocycles. The number of ether oxygens (including phenoxy) is 2. The van der Waals surface area contributed by atoms with E-state index in [1.165, 1.54) is 14.2 Å². The van der Waals surface area contributed by atoms with Gasteiger partial charge in [-0.15, -0.1) is 0 Å². The predicted molar refractivity (Wildman–Crippen MR) is 202 cm³/mol. The van der Waals surface area contributed by atoms with Gasteiger partial charge in [0.15, 0.2) is 0 Å². The van der Waals surface area contributed by atoms with Crippen LogP contribution in [0, 0.1) is 17.8 Å². The molecule has 0 bridgehead atoms. The number of likely N-dealkylation sites (N-methyl/N-ethyl adjacent to an activating group) is 3. The average Bonchev–Trinajstić information content (AvgIpc) is 3.62. The lowest BCUT2D eigenvalue weighted by atomic mass is 9.89. The summed E-state index contributed by atoms with van der Waals surface area (Å²) in [6.07, 6.45) is 1.20. The van der Waals surface area contributed by atoms with Crippen LogP contribution in [0.25, 0.3) is 0 Å². The number of hydrogen-bond acceptors (Lipinski definition) is 8. The van der Waals surface area contributed by atoms with Crippen molar-refractivity contribution in [1.29, 1.82) is 0 Å². The molecule has 0 spiro atoms. The molecule has 1 aromatic carbocycles. The zero-order valence-corrected chi connectivity index (χ0v) is 33.6. The minimum absolute atomic E-state index is 0.0119. The molecule has 5 amide bonds. The Hall–Kier alpha value is -3.55. The normalized spacial score (nSPS) is 18.8. The van der Waals surface area contributed by atoms with Gasteiger partial charge in [-0.05, 0) is 51.1 Å². The summed E-state index contributed by atoms with van der Waals surface area (Å²) in [5, 5.41) is 11.5. The maximum absolute atomic E-state index is 14.2. The SMILES string of the molecule is CC[C@H](C)[C@@H]([C@@H](CC(=O)N1CCCC1C(OC)[C@@H](C)C(=O)N[C@@H](Cc1ccccc1)C(=O)NC)OC)N(C)C(=O)[C@@H](NC(=O)C(C)(C)NC)C(C)C. The smallest absolute Gasteiger partial charge is 0.245 e. The summed E-state index contributed by atoms with van der Waals surface area (Å²) in [5.41, 5.74) is 0.0418. The second-order valence-electron chi connectivity index (χ2n) is 15.0. The van der Waals surface area contributed by atoms with Gasteiger partial charge in [-0.3, -0.25) is 24.0 Å². The molecule has 2 rings (SSSR count). The van der Waals surface area contributed by atoms with E-state index in [1.54, 1.807) is 51.8 Å². The van der Waals surface area contributed by atoms with Gasteiger partial charge in [-0.1, -0.05) is 71.4 Å². The van der Waals surface area contributed by atoms with E-state index in [-0.39, 0.29) is 53.8 Å². The van der Waals surface area contributed by atoms with Gasteiger partial charge in [0.2, 0.25) is 29.5 Å². The fourth-order valence-corrected chi connectivity index (χ4v) is 7.01. The van der Waals surface area contributed by atoms with Crippen molar-refractivity contribution in [2.45, 2.75) is 122 Å². The van der Waals surface area contributed by atoms with Crippen LogP contribution in [0.1, 0.15) is 79.7 Å². The third kappa shape index (κ3) is 11.5. The third-order valence-corrected chi connectivity index (χ3v) is 10.8. The number of amides is 5. The van der Waals surface area contributed by atoms with Gasteiger partial charge in [0.25, 0.3) is 0 Å². The first kappa shape index (κ1) is 44.6. The summed E-state index contributed by atoms with van der Waals surface area (Å²) in [4.78, 5) is 71.1. The van der Waals surface area contributed by atoms with Crippen molar-refractivity contribution in [3.63, 3.8) is 0 Å². The van der Waals surface area contributed by atoms with E-state index >= 15 is 0 Å². The van der Waals surface area contributed by atoms with Gasteiger partial charge in [0, 0.05) is 41.3 Å². The molecule has 0 radical (unpaired) electrons. The number of benzene rings is 1. The summed E-state index contributed by atoms with van der Waals surface area (Å²) in [5.74, 6) is -2.23. The molecule has 13 nitrogen and oxygen atoms in total. The van der Waals surface area contributed by atoms with Gasteiger partial charge < -0.3 is 40.5 Å². The Balaban J connectivity index is 2.28. The summed E-state index contributed by atoms with van der Waals surface area (Å²) in [7, 11) is 8.03. The Morgan fingerprint density at radius 1 is 0.962 bits per heavy atom. The highest BCUT2D eigenvalue weighted by Crippen LogP contribution is 2.30. The lowest BCUT2D eigenvalue weighted by molar-refractivity contribution is -0.148. The van der Waals surface area contributed by atoms with E-state index in [1.807, 2.05) is 58.0 Å². The highest BCUT2D eigenvalue weighted by molar-refractivity contribution is 5.92. The Morgan fingerprint density at radius 3 is 2.12 bits per heavy atom. The van der Waals surface area contributed by atoms with Gasteiger partial charge in [0.05, 0.1) is 42.2 Å². The quantitative estimate of drug-likeness (QED) is 0.160. The number of nitrogens with one attached hydrogen (secondary N) is 4. The van der Waals surface area contributed by atoms with Crippen molar-refractivity contribution in [3.8, 4) is 0 Å². The van der Waals surface area contributed by atoms with E-state index in [2.05, 4.69) is 21.3 Å². The van der Waals surface area contributed by atoms with Crippen LogP contribution in [-0.4, -0.2) is 123 Å². The van der Waals surface area contributed by atoms with Gasteiger partial charge in [-0.25, -0.2) is 0 Å². The maximum atomic E-state index is 14.2. The van der Waals surface area contributed by atoms with E-state index in [0.29, 0.717) is 19.4 Å². The molecule has 1 heterocycles. The number of methoxy groups -OCH3 is 2. The van der Waals surface area contributed by atoms with Crippen LogP contribution in [0.15, 0.2) is 30.3 Å². The molecule has 1 saturated heterocycles. The molecular weight excluding hydrogens is 664 g/mol. The summed E-state index contributed by atoms with van der Waals surface area (Å²) in [6, 6.07) is 7.09. The first-order valence-corrected chi connectivity index (χ1v) is 18.7. The largest absolute Gasteiger partial charge is 0.379 e. The molecule has 13 heteroatoms. The molecule has 0 saturated carbocycles. The second kappa shape index (κ2) is 20.6. The Bertz CT molecular complexity index is 1330. The zero-order valence-electron chi connectivity index (χ0n) is 33.6. The number of carbonyl (C=O) groups is 5. The number of rotatable bonds is 20. The highest BCUT2D eigenvalue weighted by Gasteiger charge is 2.43. The molecule has 2 unspecified atom stereocenters. The Morgan fingerprint density at radius 2 is 1.60 bits per heavy atom. The van der Waals surface area contributed by atoms with Crippen molar-refractivity contribution < 1.29 is 33.4 Å². The third-order valence-electron chi connectivity index (χ3n) is 10.8. The first-order valence-electron chi connectivity index (χ1n) is 18.7. The first-order chi connectivity index (χ1) is 24.5. The summed E-state index contributed by atoms with van der Waals surface area (Å²) in [6.45, 7) is 13.6. The number of nitrogens with zero attached hydrogens (tertiary/aromatic N) is 2. The van der Waals surface area contributed by atoms with Crippen LogP contribution < -0.4 is 21.3 Å². The topological polar surface area (TPSA) is 158 Å². The van der Waals surface area contributed by atoms with Gasteiger partial charge >= 0.3 is 0 Å². The average molecular weight is 731 g/mol. The lowest BCUT2D eigenvalue weighted by Crippen LogP contribution is -2.61. The van der Waals surface area contributed by atoms with E-state index in [0.717, 1.165) is 18.4 Å². The minimum atomic E-state index is -0.873. The van der Waals surface area contributed by atoms with Crippen molar-refractivity contribution in [2.75, 3.05) is 41.9 Å². The second-order valence-corrected chi connectivity index (χ2v) is 15.0. The van der Waals surface area contributed by atoms with E-state index in [9.17, 15) is 24.0 Å². The molecule has 294 valence electrons. The lowest BCUT2D eigenvalue weighted by Gasteiger charge is -2.41. The molecule has 1 fully saturated rings. The van der Waals surface area contributed by atoms with E-state index < -0.39 is 41.8 Å². The molecule has 1 aliphatic rings. The molecule has 4 N–H and O–H groups in total. The van der Waals surface area contributed by atoms with Crippen LogP contribution in [0.3, 0.4) is 0 Å². The molecule has 52 heavy (non-hydrogen) atoms. The van der Waals surface area contributed by atoms with Gasteiger partial charge in [-0.2, -0.15) is 0 Å². The molecule has 1 aromatic rings. The highest BCUT2D eigenvalue weighted by atomic mass is 16.5. The molecule has 1 aliphatic heterocycles. The number of hydrogen-bond donors (Lipinski definition) is 4. The summed E-state index contributed by atoms with van der Waals surface area (Å²) < 4.78 is 11.9.